The number of ether oxygens (including phenoxy) is 1. The van der Waals surface area contributed by atoms with E-state index >= 15 is 0 Å². The Balaban J connectivity index is 1.65. The molecule has 0 radical (unpaired) electrons. The highest BCUT2D eigenvalue weighted by Gasteiger charge is 2.43. The molecule has 122 valence electrons. The topological polar surface area (TPSA) is 78.4 Å². The average Bonchev–Trinajstić information content (AvgIpc) is 2.97. The van der Waals surface area contributed by atoms with Crippen LogP contribution in [0.3, 0.4) is 0 Å². The van der Waals surface area contributed by atoms with Crippen molar-refractivity contribution >= 4 is 5.91 Å². The van der Waals surface area contributed by atoms with Crippen LogP contribution in [-0.2, 0) is 21.6 Å². The van der Waals surface area contributed by atoms with Crippen molar-refractivity contribution in [1.29, 1.82) is 0 Å². The number of hydrogen-bond donors (Lipinski definition) is 2. The summed E-state index contributed by atoms with van der Waals surface area (Å²) in [6.45, 7) is 5.96. The van der Waals surface area contributed by atoms with Gasteiger partial charge in [0.2, 0.25) is 0 Å². The molecule has 1 spiro atoms. The zero-order valence-corrected chi connectivity index (χ0v) is 13.3. The Morgan fingerprint density at radius 1 is 1.50 bits per heavy atom. The highest BCUT2D eigenvalue weighted by atomic mass is 16.5. The van der Waals surface area contributed by atoms with Crippen molar-refractivity contribution in [2.45, 2.75) is 51.2 Å². The van der Waals surface area contributed by atoms with Crippen LogP contribution in [0.25, 0.3) is 0 Å². The number of nitrogens with one attached hydrogen (secondary N) is 1. The van der Waals surface area contributed by atoms with Crippen molar-refractivity contribution in [1.82, 2.24) is 15.1 Å². The molecule has 1 unspecified atom stereocenters. The summed E-state index contributed by atoms with van der Waals surface area (Å²) >= 11 is 0. The second-order valence-electron chi connectivity index (χ2n) is 6.83. The molecule has 2 aliphatic rings. The largest absolute Gasteiger partial charge is 0.383 e. The number of piperidine rings is 1. The highest BCUT2D eigenvalue weighted by molar-refractivity contribution is 5.80. The minimum Gasteiger partial charge on any atom is -0.383 e. The number of hydrogen-bond acceptors (Lipinski definition) is 4. The number of H-pyrrole nitrogens is 1. The molecule has 0 bridgehead atoms. The molecule has 1 atom stereocenters. The number of aromatic nitrogens is 2. The molecule has 3 heterocycles. The number of aliphatic hydroxyl groups excluding tert-OH is 1. The summed E-state index contributed by atoms with van der Waals surface area (Å²) in [6.07, 6.45) is 3.91. The smallest absolute Gasteiger partial charge is 0.251 e. The summed E-state index contributed by atoms with van der Waals surface area (Å²) in [7, 11) is 0. The van der Waals surface area contributed by atoms with Crippen LogP contribution >= 0.6 is 0 Å². The van der Waals surface area contributed by atoms with E-state index < -0.39 is 6.10 Å². The Hall–Kier alpha value is -1.40. The van der Waals surface area contributed by atoms with Gasteiger partial charge in [-0.25, -0.2) is 0 Å². The van der Waals surface area contributed by atoms with Crippen LogP contribution in [-0.4, -0.2) is 51.9 Å². The summed E-state index contributed by atoms with van der Waals surface area (Å²) in [5.74, 6) is 0.161. The van der Waals surface area contributed by atoms with Crippen molar-refractivity contribution in [3.63, 3.8) is 0 Å². The van der Waals surface area contributed by atoms with Gasteiger partial charge < -0.3 is 14.7 Å². The van der Waals surface area contributed by atoms with E-state index in [2.05, 4.69) is 10.2 Å². The number of carbonyl (C=O) groups excluding carboxylic acids is 1. The first-order valence-corrected chi connectivity index (χ1v) is 8.15. The maximum Gasteiger partial charge on any atom is 0.251 e. The lowest BCUT2D eigenvalue weighted by molar-refractivity contribution is -0.150. The van der Waals surface area contributed by atoms with Gasteiger partial charge in [-0.2, -0.15) is 5.10 Å². The number of amides is 1. The third-order valence-corrected chi connectivity index (χ3v) is 4.79. The van der Waals surface area contributed by atoms with Gasteiger partial charge in [0.15, 0.2) is 0 Å². The third-order valence-electron chi connectivity index (χ3n) is 4.79. The SMILES string of the molecule is CC(C)CC(O)C(=O)N1CCC2(CC1)OCCc1cn[nH]c12. The van der Waals surface area contributed by atoms with Gasteiger partial charge >= 0.3 is 0 Å². The molecule has 0 aromatic carbocycles. The van der Waals surface area contributed by atoms with Gasteiger partial charge in [0.05, 0.1) is 18.5 Å². The lowest BCUT2D eigenvalue weighted by Crippen LogP contribution is -2.50. The summed E-state index contributed by atoms with van der Waals surface area (Å²) in [4.78, 5) is 14.1. The molecule has 22 heavy (non-hydrogen) atoms. The minimum atomic E-state index is -0.885. The maximum atomic E-state index is 12.3. The van der Waals surface area contributed by atoms with Crippen molar-refractivity contribution < 1.29 is 14.6 Å². The fourth-order valence-corrected chi connectivity index (χ4v) is 3.56. The molecule has 2 N–H and O–H groups in total. The zero-order valence-electron chi connectivity index (χ0n) is 13.3. The number of likely N-dealkylation sites (tertiary alicyclic amines) is 1. The van der Waals surface area contributed by atoms with Crippen molar-refractivity contribution in [2.24, 2.45) is 5.92 Å². The van der Waals surface area contributed by atoms with Crippen molar-refractivity contribution in [2.75, 3.05) is 19.7 Å². The summed E-state index contributed by atoms with van der Waals surface area (Å²) in [5, 5.41) is 17.3. The average molecular weight is 307 g/mol. The number of rotatable bonds is 3. The molecule has 1 fully saturated rings. The van der Waals surface area contributed by atoms with Crippen LogP contribution in [0.2, 0.25) is 0 Å². The van der Waals surface area contributed by atoms with E-state index in [1.54, 1.807) is 4.90 Å². The van der Waals surface area contributed by atoms with Crippen molar-refractivity contribution in [3.8, 4) is 0 Å². The molecule has 6 heteroatoms. The van der Waals surface area contributed by atoms with Crippen LogP contribution in [0.4, 0.5) is 0 Å². The monoisotopic (exact) mass is 307 g/mol. The van der Waals surface area contributed by atoms with Gasteiger partial charge in [0.25, 0.3) is 5.91 Å². The van der Waals surface area contributed by atoms with Gasteiger partial charge in [0, 0.05) is 13.1 Å². The predicted molar refractivity (Wildman–Crippen MR) is 81.2 cm³/mol. The minimum absolute atomic E-state index is 0.149. The molecule has 0 saturated carbocycles. The Morgan fingerprint density at radius 3 is 2.91 bits per heavy atom. The van der Waals surface area contributed by atoms with E-state index in [4.69, 9.17) is 4.74 Å². The summed E-state index contributed by atoms with van der Waals surface area (Å²) < 4.78 is 6.07. The Kier molecular flexibility index (Phi) is 4.23. The van der Waals surface area contributed by atoms with Crippen LogP contribution in [0.15, 0.2) is 6.20 Å². The second kappa shape index (κ2) is 6.01. The normalized spacial score (nSPS) is 21.9. The molecule has 6 nitrogen and oxygen atoms in total. The molecule has 0 aliphatic carbocycles. The first kappa shape index (κ1) is 15.5. The van der Waals surface area contributed by atoms with E-state index in [1.165, 1.54) is 5.56 Å². The summed E-state index contributed by atoms with van der Waals surface area (Å²) in [6, 6.07) is 0. The van der Waals surface area contributed by atoms with E-state index in [0.717, 1.165) is 25.0 Å². The molecule has 1 saturated heterocycles. The zero-order chi connectivity index (χ0) is 15.7. The quantitative estimate of drug-likeness (QED) is 0.880. The van der Waals surface area contributed by atoms with E-state index in [-0.39, 0.29) is 11.5 Å². The van der Waals surface area contributed by atoms with Crippen molar-refractivity contribution in [3.05, 3.63) is 17.5 Å². The van der Waals surface area contributed by atoms with Crippen LogP contribution in [0.1, 0.15) is 44.4 Å². The van der Waals surface area contributed by atoms with Crippen LogP contribution in [0, 0.1) is 5.92 Å². The number of carbonyl (C=O) groups is 1. The number of aromatic amines is 1. The lowest BCUT2D eigenvalue weighted by Gasteiger charge is -2.43. The molecule has 3 rings (SSSR count). The number of aliphatic hydroxyl groups is 1. The summed E-state index contributed by atoms with van der Waals surface area (Å²) in [5.41, 5.74) is 1.98. The first-order chi connectivity index (χ1) is 10.5. The Labute approximate surface area is 130 Å². The molecule has 1 aromatic heterocycles. The van der Waals surface area contributed by atoms with Gasteiger partial charge in [-0.1, -0.05) is 13.8 Å². The Morgan fingerprint density at radius 2 is 2.23 bits per heavy atom. The standard InChI is InChI=1S/C16H25N3O3/c1-11(2)9-13(20)15(21)19-6-4-16(5-7-19)14-12(3-8-22-16)10-17-18-14/h10-11,13,20H,3-9H2,1-2H3,(H,17,18). The van der Waals surface area contributed by atoms with Gasteiger partial charge in [0.1, 0.15) is 11.7 Å². The lowest BCUT2D eigenvalue weighted by atomic mass is 9.83. The molecule has 1 aromatic rings. The number of fused-ring (bicyclic) bond motifs is 2. The van der Waals surface area contributed by atoms with E-state index in [9.17, 15) is 9.90 Å². The Bertz CT molecular complexity index is 532. The fourth-order valence-electron chi connectivity index (χ4n) is 3.56. The van der Waals surface area contributed by atoms with E-state index in [1.807, 2.05) is 20.0 Å². The second-order valence-corrected chi connectivity index (χ2v) is 6.83. The van der Waals surface area contributed by atoms with Gasteiger partial charge in [-0.05, 0) is 37.2 Å². The van der Waals surface area contributed by atoms with Crippen LogP contribution in [0.5, 0.6) is 0 Å². The molecular formula is C16H25N3O3. The number of nitrogens with zero attached hydrogens (tertiary/aromatic N) is 2. The predicted octanol–water partition coefficient (Wildman–Crippen LogP) is 1.21. The molecule has 2 aliphatic heterocycles. The van der Waals surface area contributed by atoms with Crippen LogP contribution < -0.4 is 0 Å². The molecular weight excluding hydrogens is 282 g/mol. The fraction of sp³-hybridized carbons (Fsp3) is 0.750. The first-order valence-electron chi connectivity index (χ1n) is 8.15. The van der Waals surface area contributed by atoms with Gasteiger partial charge in [-0.3, -0.25) is 9.89 Å². The van der Waals surface area contributed by atoms with E-state index in [0.29, 0.717) is 32.0 Å². The maximum absolute atomic E-state index is 12.3. The highest BCUT2D eigenvalue weighted by Crippen LogP contribution is 2.40. The van der Waals surface area contributed by atoms with Gasteiger partial charge in [-0.15, -0.1) is 0 Å². The molecule has 1 amide bonds. The third kappa shape index (κ3) is 2.77.